The fraction of sp³-hybridized carbons (Fsp3) is 0.933. The van der Waals surface area contributed by atoms with Gasteiger partial charge in [-0.2, -0.15) is 0 Å². The SMILES string of the molecule is CC(C)C(=O)N1CCC(CCNC(C)(C)C)CC1. The van der Waals surface area contributed by atoms with Gasteiger partial charge >= 0.3 is 0 Å². The molecule has 0 spiro atoms. The van der Waals surface area contributed by atoms with Gasteiger partial charge in [0.25, 0.3) is 0 Å². The fourth-order valence-corrected chi connectivity index (χ4v) is 2.46. The molecular weight excluding hydrogens is 224 g/mol. The molecule has 1 N–H and O–H groups in total. The second-order valence-corrected chi connectivity index (χ2v) is 6.89. The molecule has 3 nitrogen and oxygen atoms in total. The highest BCUT2D eigenvalue weighted by atomic mass is 16.2. The monoisotopic (exact) mass is 254 g/mol. The molecule has 106 valence electrons. The van der Waals surface area contributed by atoms with E-state index in [1.54, 1.807) is 0 Å². The summed E-state index contributed by atoms with van der Waals surface area (Å²) in [5.41, 5.74) is 0.217. The van der Waals surface area contributed by atoms with Crippen molar-refractivity contribution in [1.29, 1.82) is 0 Å². The molecule has 1 saturated heterocycles. The first-order valence-corrected chi connectivity index (χ1v) is 7.33. The van der Waals surface area contributed by atoms with Crippen LogP contribution in [0.4, 0.5) is 0 Å². The molecule has 0 saturated carbocycles. The van der Waals surface area contributed by atoms with Gasteiger partial charge < -0.3 is 10.2 Å². The van der Waals surface area contributed by atoms with Crippen LogP contribution in [0, 0.1) is 11.8 Å². The Morgan fingerprint density at radius 3 is 2.28 bits per heavy atom. The summed E-state index contributed by atoms with van der Waals surface area (Å²) in [5.74, 6) is 1.25. The Morgan fingerprint density at radius 1 is 1.28 bits per heavy atom. The minimum absolute atomic E-state index is 0.143. The van der Waals surface area contributed by atoms with Crippen LogP contribution in [0.5, 0.6) is 0 Å². The average molecular weight is 254 g/mol. The molecule has 0 atom stereocenters. The van der Waals surface area contributed by atoms with E-state index in [1.165, 1.54) is 19.3 Å². The molecule has 0 aromatic carbocycles. The quantitative estimate of drug-likeness (QED) is 0.836. The van der Waals surface area contributed by atoms with Gasteiger partial charge in [0.15, 0.2) is 0 Å². The van der Waals surface area contributed by atoms with Gasteiger partial charge in [-0.1, -0.05) is 13.8 Å². The lowest BCUT2D eigenvalue weighted by Gasteiger charge is -2.33. The predicted molar refractivity (Wildman–Crippen MR) is 76.5 cm³/mol. The molecule has 3 heteroatoms. The first-order valence-electron chi connectivity index (χ1n) is 7.33. The maximum atomic E-state index is 11.9. The van der Waals surface area contributed by atoms with E-state index in [-0.39, 0.29) is 11.5 Å². The van der Waals surface area contributed by atoms with Gasteiger partial charge in [0.05, 0.1) is 0 Å². The van der Waals surface area contributed by atoms with Crippen LogP contribution in [0.2, 0.25) is 0 Å². The molecule has 1 aliphatic rings. The summed E-state index contributed by atoms with van der Waals surface area (Å²) in [4.78, 5) is 13.9. The van der Waals surface area contributed by atoms with E-state index < -0.39 is 0 Å². The van der Waals surface area contributed by atoms with Crippen LogP contribution in [0.3, 0.4) is 0 Å². The van der Waals surface area contributed by atoms with Crippen molar-refractivity contribution in [1.82, 2.24) is 10.2 Å². The summed E-state index contributed by atoms with van der Waals surface area (Å²) < 4.78 is 0. The fourth-order valence-electron chi connectivity index (χ4n) is 2.46. The van der Waals surface area contributed by atoms with Gasteiger partial charge in [-0.25, -0.2) is 0 Å². The van der Waals surface area contributed by atoms with Crippen LogP contribution < -0.4 is 5.32 Å². The summed E-state index contributed by atoms with van der Waals surface area (Å²) in [6.45, 7) is 13.6. The number of piperidine rings is 1. The van der Waals surface area contributed by atoms with Gasteiger partial charge in [-0.15, -0.1) is 0 Å². The number of hydrogen-bond acceptors (Lipinski definition) is 2. The molecular formula is C15H30N2O. The average Bonchev–Trinajstić information content (AvgIpc) is 2.27. The molecule has 1 fully saturated rings. The third kappa shape index (κ3) is 5.38. The minimum Gasteiger partial charge on any atom is -0.342 e. The molecule has 0 aromatic rings. The van der Waals surface area contributed by atoms with Crippen molar-refractivity contribution in [3.63, 3.8) is 0 Å². The van der Waals surface area contributed by atoms with E-state index in [2.05, 4.69) is 26.1 Å². The van der Waals surface area contributed by atoms with Crippen molar-refractivity contribution in [3.05, 3.63) is 0 Å². The van der Waals surface area contributed by atoms with Gasteiger partial charge in [0.2, 0.25) is 5.91 Å². The Morgan fingerprint density at radius 2 is 1.83 bits per heavy atom. The lowest BCUT2D eigenvalue weighted by atomic mass is 9.92. The van der Waals surface area contributed by atoms with Crippen molar-refractivity contribution < 1.29 is 4.79 Å². The summed E-state index contributed by atoms with van der Waals surface area (Å²) in [6, 6.07) is 0. The van der Waals surface area contributed by atoms with E-state index in [0.29, 0.717) is 5.91 Å². The number of nitrogens with zero attached hydrogens (tertiary/aromatic N) is 1. The lowest BCUT2D eigenvalue weighted by Crippen LogP contribution is -2.42. The van der Waals surface area contributed by atoms with Crippen LogP contribution in [0.25, 0.3) is 0 Å². The van der Waals surface area contributed by atoms with Crippen LogP contribution in [0.1, 0.15) is 53.9 Å². The topological polar surface area (TPSA) is 32.3 Å². The number of amides is 1. The van der Waals surface area contributed by atoms with Crippen molar-refractivity contribution in [2.24, 2.45) is 11.8 Å². The third-order valence-corrected chi connectivity index (χ3v) is 3.63. The number of likely N-dealkylation sites (tertiary alicyclic amines) is 1. The Bertz CT molecular complexity index is 260. The number of rotatable bonds is 4. The first kappa shape index (κ1) is 15.5. The van der Waals surface area contributed by atoms with Crippen LogP contribution in [-0.2, 0) is 4.79 Å². The van der Waals surface area contributed by atoms with Crippen molar-refractivity contribution >= 4 is 5.91 Å². The minimum atomic E-state index is 0.143. The molecule has 1 amide bonds. The number of carbonyl (C=O) groups is 1. The summed E-state index contributed by atoms with van der Waals surface area (Å²) in [5, 5.41) is 3.54. The molecule has 1 heterocycles. The highest BCUT2D eigenvalue weighted by Gasteiger charge is 2.24. The molecule has 1 aliphatic heterocycles. The molecule has 18 heavy (non-hydrogen) atoms. The normalized spacial score (nSPS) is 18.4. The molecule has 0 bridgehead atoms. The van der Waals surface area contributed by atoms with Crippen LogP contribution >= 0.6 is 0 Å². The zero-order valence-electron chi connectivity index (χ0n) is 12.8. The lowest BCUT2D eigenvalue weighted by molar-refractivity contribution is -0.135. The first-order chi connectivity index (χ1) is 8.29. The molecule has 0 aliphatic carbocycles. The maximum absolute atomic E-state index is 11.9. The highest BCUT2D eigenvalue weighted by Crippen LogP contribution is 2.21. The highest BCUT2D eigenvalue weighted by molar-refractivity contribution is 5.78. The van der Waals surface area contributed by atoms with Crippen molar-refractivity contribution in [2.45, 2.75) is 59.4 Å². The smallest absolute Gasteiger partial charge is 0.225 e. The van der Waals surface area contributed by atoms with Crippen LogP contribution in [0.15, 0.2) is 0 Å². The zero-order valence-corrected chi connectivity index (χ0v) is 12.8. The zero-order chi connectivity index (χ0) is 13.8. The molecule has 0 unspecified atom stereocenters. The number of carbonyl (C=O) groups excluding carboxylic acids is 1. The molecule has 1 rings (SSSR count). The third-order valence-electron chi connectivity index (χ3n) is 3.63. The molecule has 0 aromatic heterocycles. The van der Waals surface area contributed by atoms with E-state index in [4.69, 9.17) is 0 Å². The Kier molecular flexibility index (Phi) is 5.64. The van der Waals surface area contributed by atoms with Gasteiger partial charge in [-0.3, -0.25) is 4.79 Å². The van der Waals surface area contributed by atoms with Gasteiger partial charge in [0, 0.05) is 24.5 Å². The van der Waals surface area contributed by atoms with Gasteiger partial charge in [-0.05, 0) is 52.5 Å². The van der Waals surface area contributed by atoms with Crippen LogP contribution in [-0.4, -0.2) is 36.0 Å². The Labute approximate surface area is 112 Å². The van der Waals surface area contributed by atoms with E-state index in [9.17, 15) is 4.79 Å². The Balaban J connectivity index is 2.21. The van der Waals surface area contributed by atoms with Crippen molar-refractivity contribution in [3.8, 4) is 0 Å². The second kappa shape index (κ2) is 6.55. The summed E-state index contributed by atoms with van der Waals surface area (Å²) >= 11 is 0. The summed E-state index contributed by atoms with van der Waals surface area (Å²) in [7, 11) is 0. The Hall–Kier alpha value is -0.570. The van der Waals surface area contributed by atoms with E-state index in [1.807, 2.05) is 18.7 Å². The number of nitrogens with one attached hydrogen (secondary N) is 1. The summed E-state index contributed by atoms with van der Waals surface area (Å²) in [6.07, 6.45) is 3.58. The predicted octanol–water partition coefficient (Wildman–Crippen LogP) is 2.66. The van der Waals surface area contributed by atoms with Gasteiger partial charge in [0.1, 0.15) is 0 Å². The van der Waals surface area contributed by atoms with Crippen molar-refractivity contribution in [2.75, 3.05) is 19.6 Å². The standard InChI is InChI=1S/C15H30N2O/c1-12(2)14(18)17-10-7-13(8-11-17)6-9-16-15(3,4)5/h12-13,16H,6-11H2,1-5H3. The molecule has 0 radical (unpaired) electrons. The second-order valence-electron chi connectivity index (χ2n) is 6.89. The maximum Gasteiger partial charge on any atom is 0.225 e. The number of hydrogen-bond donors (Lipinski definition) is 1. The largest absolute Gasteiger partial charge is 0.342 e. The van der Waals surface area contributed by atoms with E-state index in [0.717, 1.165) is 25.6 Å². The van der Waals surface area contributed by atoms with E-state index >= 15 is 0 Å².